The molecule has 0 spiro atoms. The van der Waals surface area contributed by atoms with E-state index in [1.807, 2.05) is 56.3 Å². The minimum atomic E-state index is -0.191. The van der Waals surface area contributed by atoms with Crippen LogP contribution in [0.25, 0.3) is 0 Å². The van der Waals surface area contributed by atoms with Gasteiger partial charge < -0.3 is 15.8 Å². The molecule has 4 nitrogen and oxygen atoms in total. The minimum absolute atomic E-state index is 0.0377. The van der Waals surface area contributed by atoms with Gasteiger partial charge in [0, 0.05) is 17.8 Å². The van der Waals surface area contributed by atoms with E-state index in [0.29, 0.717) is 12.3 Å². The number of carbonyl (C=O) groups is 1. The minimum Gasteiger partial charge on any atom is -0.483 e. The first-order valence-electron chi connectivity index (χ1n) is 6.87. The van der Waals surface area contributed by atoms with Crippen LogP contribution in [-0.4, -0.2) is 12.5 Å². The Bertz CT molecular complexity index is 638. The first-order valence-corrected chi connectivity index (χ1v) is 6.87. The second kappa shape index (κ2) is 6.90. The van der Waals surface area contributed by atoms with Gasteiger partial charge in [-0.05, 0) is 37.6 Å². The maximum absolute atomic E-state index is 11.9. The van der Waals surface area contributed by atoms with E-state index < -0.39 is 0 Å². The lowest BCUT2D eigenvalue weighted by Gasteiger charge is -2.11. The smallest absolute Gasteiger partial charge is 0.262 e. The van der Waals surface area contributed by atoms with Crippen LogP contribution in [0.3, 0.4) is 0 Å². The van der Waals surface area contributed by atoms with Crippen molar-refractivity contribution in [2.75, 3.05) is 11.9 Å². The van der Waals surface area contributed by atoms with Crippen LogP contribution in [0, 0.1) is 13.8 Å². The Morgan fingerprint density at radius 1 is 1.14 bits per heavy atom. The third-order valence-electron chi connectivity index (χ3n) is 3.10. The zero-order valence-corrected chi connectivity index (χ0v) is 12.3. The van der Waals surface area contributed by atoms with Crippen LogP contribution >= 0.6 is 0 Å². The van der Waals surface area contributed by atoms with Crippen LogP contribution < -0.4 is 15.8 Å². The molecule has 0 unspecified atom stereocenters. The number of carbonyl (C=O) groups excluding carboxylic acids is 1. The Balaban J connectivity index is 1.95. The van der Waals surface area contributed by atoms with Gasteiger partial charge in [-0.3, -0.25) is 4.79 Å². The molecule has 21 heavy (non-hydrogen) atoms. The average molecular weight is 284 g/mol. The second-order valence-corrected chi connectivity index (χ2v) is 5.02. The van der Waals surface area contributed by atoms with Gasteiger partial charge in [0.15, 0.2) is 6.61 Å². The summed E-state index contributed by atoms with van der Waals surface area (Å²) in [7, 11) is 0. The molecule has 110 valence electrons. The van der Waals surface area contributed by atoms with Crippen LogP contribution in [0.15, 0.2) is 42.5 Å². The number of hydrogen-bond acceptors (Lipinski definition) is 3. The van der Waals surface area contributed by atoms with Gasteiger partial charge in [-0.2, -0.15) is 0 Å². The van der Waals surface area contributed by atoms with Crippen LogP contribution in [0.5, 0.6) is 5.75 Å². The number of anilines is 1. The van der Waals surface area contributed by atoms with Crippen molar-refractivity contribution >= 4 is 11.6 Å². The van der Waals surface area contributed by atoms with Crippen molar-refractivity contribution in [3.63, 3.8) is 0 Å². The normalized spacial score (nSPS) is 10.2. The summed E-state index contributed by atoms with van der Waals surface area (Å²) in [6.07, 6.45) is 0. The second-order valence-electron chi connectivity index (χ2n) is 5.02. The van der Waals surface area contributed by atoms with Crippen molar-refractivity contribution < 1.29 is 9.53 Å². The zero-order chi connectivity index (χ0) is 15.2. The van der Waals surface area contributed by atoms with Gasteiger partial charge in [0.05, 0.1) is 0 Å². The highest BCUT2D eigenvalue weighted by molar-refractivity contribution is 5.91. The van der Waals surface area contributed by atoms with E-state index in [1.54, 1.807) is 0 Å². The number of hydrogen-bond donors (Lipinski definition) is 2. The molecular formula is C17H20N2O2. The van der Waals surface area contributed by atoms with Crippen LogP contribution in [0.1, 0.15) is 16.7 Å². The molecule has 0 aliphatic rings. The summed E-state index contributed by atoms with van der Waals surface area (Å²) in [5, 5.41) is 2.81. The molecule has 2 aromatic carbocycles. The highest BCUT2D eigenvalue weighted by atomic mass is 16.5. The average Bonchev–Trinajstić information content (AvgIpc) is 2.45. The number of ether oxygens (including phenoxy) is 1. The van der Waals surface area contributed by atoms with E-state index in [2.05, 4.69) is 5.32 Å². The van der Waals surface area contributed by atoms with Crippen molar-refractivity contribution in [2.24, 2.45) is 5.73 Å². The van der Waals surface area contributed by atoms with Gasteiger partial charge in [-0.1, -0.05) is 29.8 Å². The van der Waals surface area contributed by atoms with Crippen molar-refractivity contribution in [3.8, 4) is 5.75 Å². The standard InChI is InChI=1S/C17H20N2O2/c1-12-4-3-5-15(9-12)19-17(20)11-21-16-7-6-13(2)8-14(16)10-18/h3-9H,10-11,18H2,1-2H3,(H,19,20). The van der Waals surface area contributed by atoms with E-state index in [9.17, 15) is 4.79 Å². The summed E-state index contributed by atoms with van der Waals surface area (Å²) in [4.78, 5) is 11.9. The van der Waals surface area contributed by atoms with Crippen LogP contribution in [0.2, 0.25) is 0 Å². The Morgan fingerprint density at radius 3 is 2.62 bits per heavy atom. The number of benzene rings is 2. The molecule has 0 fully saturated rings. The topological polar surface area (TPSA) is 64.3 Å². The Morgan fingerprint density at radius 2 is 1.90 bits per heavy atom. The monoisotopic (exact) mass is 284 g/mol. The van der Waals surface area contributed by atoms with Gasteiger partial charge in [0.1, 0.15) is 5.75 Å². The lowest BCUT2D eigenvalue weighted by molar-refractivity contribution is -0.118. The van der Waals surface area contributed by atoms with Gasteiger partial charge in [0.25, 0.3) is 5.91 Å². The lowest BCUT2D eigenvalue weighted by Crippen LogP contribution is -2.20. The van der Waals surface area contributed by atoms with E-state index >= 15 is 0 Å². The van der Waals surface area contributed by atoms with Gasteiger partial charge in [0.2, 0.25) is 0 Å². The van der Waals surface area contributed by atoms with E-state index in [0.717, 1.165) is 22.4 Å². The number of rotatable bonds is 5. The quantitative estimate of drug-likeness (QED) is 0.887. The SMILES string of the molecule is Cc1cccc(NC(=O)COc2ccc(C)cc2CN)c1. The molecule has 0 aromatic heterocycles. The summed E-state index contributed by atoms with van der Waals surface area (Å²) in [5.41, 5.74) is 9.57. The predicted molar refractivity (Wildman–Crippen MR) is 84.4 cm³/mol. The molecule has 0 bridgehead atoms. The zero-order valence-electron chi connectivity index (χ0n) is 12.3. The number of nitrogens with two attached hydrogens (primary N) is 1. The molecule has 0 saturated heterocycles. The predicted octanol–water partition coefficient (Wildman–Crippen LogP) is 2.78. The molecule has 4 heteroatoms. The van der Waals surface area contributed by atoms with Crippen molar-refractivity contribution in [1.29, 1.82) is 0 Å². The highest BCUT2D eigenvalue weighted by Gasteiger charge is 2.07. The maximum atomic E-state index is 11.9. The van der Waals surface area contributed by atoms with E-state index in [4.69, 9.17) is 10.5 Å². The molecule has 0 aliphatic carbocycles. The third kappa shape index (κ3) is 4.33. The summed E-state index contributed by atoms with van der Waals surface area (Å²) < 4.78 is 5.56. The van der Waals surface area contributed by atoms with Gasteiger partial charge in [-0.25, -0.2) is 0 Å². The Hall–Kier alpha value is -2.33. The first-order chi connectivity index (χ1) is 10.1. The molecule has 3 N–H and O–H groups in total. The van der Waals surface area contributed by atoms with Gasteiger partial charge >= 0.3 is 0 Å². The molecule has 0 atom stereocenters. The number of amides is 1. The van der Waals surface area contributed by atoms with E-state index in [1.165, 1.54) is 0 Å². The molecular weight excluding hydrogens is 264 g/mol. The number of aryl methyl sites for hydroxylation is 2. The molecule has 2 rings (SSSR count). The Kier molecular flexibility index (Phi) is 4.95. The molecule has 0 heterocycles. The fourth-order valence-corrected chi connectivity index (χ4v) is 2.07. The molecule has 0 radical (unpaired) electrons. The van der Waals surface area contributed by atoms with Gasteiger partial charge in [-0.15, -0.1) is 0 Å². The maximum Gasteiger partial charge on any atom is 0.262 e. The molecule has 0 saturated carbocycles. The fraction of sp³-hybridized carbons (Fsp3) is 0.235. The largest absolute Gasteiger partial charge is 0.483 e. The van der Waals surface area contributed by atoms with Crippen LogP contribution in [-0.2, 0) is 11.3 Å². The summed E-state index contributed by atoms with van der Waals surface area (Å²) in [5.74, 6) is 0.464. The third-order valence-corrected chi connectivity index (χ3v) is 3.10. The van der Waals surface area contributed by atoms with Crippen molar-refractivity contribution in [3.05, 3.63) is 59.2 Å². The number of nitrogens with one attached hydrogen (secondary N) is 1. The summed E-state index contributed by atoms with van der Waals surface area (Å²) >= 11 is 0. The van der Waals surface area contributed by atoms with Crippen LogP contribution in [0.4, 0.5) is 5.69 Å². The fourth-order valence-electron chi connectivity index (χ4n) is 2.07. The molecule has 0 aliphatic heterocycles. The summed E-state index contributed by atoms with van der Waals surface area (Å²) in [6.45, 7) is 4.32. The molecule has 1 amide bonds. The highest BCUT2D eigenvalue weighted by Crippen LogP contribution is 2.19. The lowest BCUT2D eigenvalue weighted by atomic mass is 10.1. The van der Waals surface area contributed by atoms with Crippen molar-refractivity contribution in [2.45, 2.75) is 20.4 Å². The first kappa shape index (κ1) is 15.1. The molecule has 2 aromatic rings. The Labute approximate surface area is 124 Å². The van der Waals surface area contributed by atoms with E-state index in [-0.39, 0.29) is 12.5 Å². The summed E-state index contributed by atoms with van der Waals surface area (Å²) in [6, 6.07) is 13.4. The van der Waals surface area contributed by atoms with Crippen molar-refractivity contribution in [1.82, 2.24) is 0 Å².